The Kier molecular flexibility index (Phi) is 30.4. The van der Waals surface area contributed by atoms with Crippen LogP contribution in [0.15, 0.2) is 72.9 Å². The van der Waals surface area contributed by atoms with E-state index in [0.717, 1.165) is 103 Å². The van der Waals surface area contributed by atoms with Gasteiger partial charge in [-0.1, -0.05) is 106 Å². The van der Waals surface area contributed by atoms with Gasteiger partial charge in [-0.3, -0.25) is 14.4 Å². The van der Waals surface area contributed by atoms with Gasteiger partial charge in [0.25, 0.3) is 0 Å². The molecule has 1 atom stereocenters. The summed E-state index contributed by atoms with van der Waals surface area (Å²) >= 11 is 0. The molecule has 0 aliphatic rings. The Morgan fingerprint density at radius 3 is 1.64 bits per heavy atom. The van der Waals surface area contributed by atoms with Crippen molar-refractivity contribution in [3.8, 4) is 0 Å². The number of unbranched alkanes of at least 4 members (excludes halogenated alkanes) is 6. The smallest absolute Gasteiger partial charge is 0.322 e. The first-order chi connectivity index (χ1) is 21.5. The summed E-state index contributed by atoms with van der Waals surface area (Å²) in [6.07, 6.45) is 43.4. The summed E-state index contributed by atoms with van der Waals surface area (Å²) in [5.41, 5.74) is 0. The maximum atomic E-state index is 12.4. The van der Waals surface area contributed by atoms with E-state index in [1.807, 2.05) is 0 Å². The first-order valence-electron chi connectivity index (χ1n) is 17.1. The second-order valence-corrected chi connectivity index (χ2v) is 11.0. The molecule has 1 amide bonds. The van der Waals surface area contributed by atoms with Gasteiger partial charge in [0.2, 0.25) is 5.91 Å². The number of rotatable bonds is 29. The minimum Gasteiger partial charge on any atom is -0.480 e. The lowest BCUT2D eigenvalue weighted by Crippen LogP contribution is -2.28. The molecule has 0 radical (unpaired) electrons. The van der Waals surface area contributed by atoms with Crippen molar-refractivity contribution in [1.82, 2.24) is 5.32 Å². The number of hydrogen-bond donors (Lipinski definition) is 2. The lowest BCUT2D eigenvalue weighted by molar-refractivity contribution is -0.150. The number of carbonyl (C=O) groups is 3. The average molecular weight is 612 g/mol. The molecular formula is C38H61NO5. The molecule has 6 nitrogen and oxygen atoms in total. The third kappa shape index (κ3) is 31.8. The van der Waals surface area contributed by atoms with Crippen molar-refractivity contribution >= 4 is 17.8 Å². The zero-order valence-corrected chi connectivity index (χ0v) is 27.7. The maximum absolute atomic E-state index is 12.4. The van der Waals surface area contributed by atoms with Gasteiger partial charge in [0.1, 0.15) is 12.6 Å². The summed E-state index contributed by atoms with van der Waals surface area (Å²) in [6.45, 7) is 3.97. The van der Waals surface area contributed by atoms with Crippen molar-refractivity contribution in [1.29, 1.82) is 0 Å². The zero-order chi connectivity index (χ0) is 32.4. The van der Waals surface area contributed by atoms with Crippen LogP contribution < -0.4 is 5.32 Å². The standard InChI is InChI=1S/C38H61NO5/c1-3-5-7-8-9-10-11-12-13-14-15-16-17-18-19-20-21-22-23-24-29-33-38(43)44-35(30-26-6-4-2)31-27-25-28-32-36(40)39-34-37(41)42/h5,7,9-10,12-13,15-16,18-19,21-22,35H,3-4,6,8,11,14,17,20,23-34H2,1-2H3,(H,39,40)(H,41,42)/b7-5-,10-9-,13-12-,16-15-,19-18-,22-21-. The molecule has 248 valence electrons. The summed E-state index contributed by atoms with van der Waals surface area (Å²) in [6, 6.07) is 0. The Hall–Kier alpha value is -3.15. The third-order valence-electron chi connectivity index (χ3n) is 6.89. The monoisotopic (exact) mass is 611 g/mol. The van der Waals surface area contributed by atoms with E-state index in [2.05, 4.69) is 92.1 Å². The summed E-state index contributed by atoms with van der Waals surface area (Å²) in [4.78, 5) is 34.6. The quantitative estimate of drug-likeness (QED) is 0.0499. The Balaban J connectivity index is 3.95. The first kappa shape index (κ1) is 40.9. The van der Waals surface area contributed by atoms with Crippen molar-refractivity contribution in [3.63, 3.8) is 0 Å². The van der Waals surface area contributed by atoms with E-state index in [-0.39, 0.29) is 24.5 Å². The zero-order valence-electron chi connectivity index (χ0n) is 27.7. The number of hydrogen-bond acceptors (Lipinski definition) is 4. The van der Waals surface area contributed by atoms with Gasteiger partial charge in [-0.2, -0.15) is 0 Å². The topological polar surface area (TPSA) is 92.7 Å². The van der Waals surface area contributed by atoms with Crippen LogP contribution in [0.3, 0.4) is 0 Å². The second kappa shape index (κ2) is 32.8. The molecular weight excluding hydrogens is 550 g/mol. The van der Waals surface area contributed by atoms with Gasteiger partial charge < -0.3 is 15.2 Å². The van der Waals surface area contributed by atoms with Gasteiger partial charge in [0, 0.05) is 12.8 Å². The SMILES string of the molecule is CC/C=C\C/C=C\C/C=C\C/C=C\C/C=C\C/C=C\CCCCC(=O)OC(CCCCC)CCCCCC(=O)NCC(=O)O. The predicted molar refractivity (Wildman–Crippen MR) is 184 cm³/mol. The lowest BCUT2D eigenvalue weighted by Gasteiger charge is -2.18. The number of amides is 1. The first-order valence-corrected chi connectivity index (χ1v) is 17.1. The summed E-state index contributed by atoms with van der Waals surface area (Å²) < 4.78 is 5.81. The van der Waals surface area contributed by atoms with E-state index in [1.165, 1.54) is 0 Å². The summed E-state index contributed by atoms with van der Waals surface area (Å²) in [5, 5.41) is 11.0. The van der Waals surface area contributed by atoms with Crippen LogP contribution in [0.1, 0.15) is 136 Å². The molecule has 44 heavy (non-hydrogen) atoms. The highest BCUT2D eigenvalue weighted by molar-refractivity contribution is 5.80. The molecule has 0 bridgehead atoms. The Morgan fingerprint density at radius 1 is 0.614 bits per heavy atom. The van der Waals surface area contributed by atoms with Crippen molar-refractivity contribution in [3.05, 3.63) is 72.9 Å². The molecule has 0 rings (SSSR count). The Bertz CT molecular complexity index is 897. The van der Waals surface area contributed by atoms with Crippen LogP contribution in [-0.2, 0) is 19.1 Å². The molecule has 0 saturated heterocycles. The lowest BCUT2D eigenvalue weighted by atomic mass is 10.0. The molecule has 0 aromatic rings. The largest absolute Gasteiger partial charge is 0.480 e. The molecule has 0 spiro atoms. The Labute approximate surface area is 268 Å². The normalized spacial score (nSPS) is 13.0. The van der Waals surface area contributed by atoms with Gasteiger partial charge in [-0.25, -0.2) is 0 Å². The summed E-state index contributed by atoms with van der Waals surface area (Å²) in [7, 11) is 0. The highest BCUT2D eigenvalue weighted by atomic mass is 16.5. The van der Waals surface area contributed by atoms with E-state index in [4.69, 9.17) is 9.84 Å². The van der Waals surface area contributed by atoms with Gasteiger partial charge in [0.05, 0.1) is 0 Å². The number of nitrogens with one attached hydrogen (secondary N) is 1. The van der Waals surface area contributed by atoms with E-state index >= 15 is 0 Å². The fraction of sp³-hybridized carbons (Fsp3) is 0.605. The highest BCUT2D eigenvalue weighted by Crippen LogP contribution is 2.16. The van der Waals surface area contributed by atoms with E-state index in [1.54, 1.807) is 0 Å². The van der Waals surface area contributed by atoms with Crippen LogP contribution >= 0.6 is 0 Å². The minimum atomic E-state index is -1.04. The second-order valence-electron chi connectivity index (χ2n) is 11.0. The highest BCUT2D eigenvalue weighted by Gasteiger charge is 2.14. The minimum absolute atomic E-state index is 0.0572. The number of allylic oxidation sites excluding steroid dienone is 12. The van der Waals surface area contributed by atoms with E-state index in [9.17, 15) is 14.4 Å². The van der Waals surface area contributed by atoms with Crippen LogP contribution in [0.2, 0.25) is 0 Å². The van der Waals surface area contributed by atoms with Crippen molar-refractivity contribution in [2.45, 2.75) is 142 Å². The van der Waals surface area contributed by atoms with Gasteiger partial charge >= 0.3 is 11.9 Å². The van der Waals surface area contributed by atoms with E-state index in [0.29, 0.717) is 19.3 Å². The van der Waals surface area contributed by atoms with E-state index < -0.39 is 5.97 Å². The number of ether oxygens (including phenoxy) is 1. The number of esters is 1. The number of aliphatic carboxylic acids is 1. The maximum Gasteiger partial charge on any atom is 0.322 e. The molecule has 0 fully saturated rings. The van der Waals surface area contributed by atoms with Crippen molar-refractivity contribution in [2.24, 2.45) is 0 Å². The van der Waals surface area contributed by atoms with Crippen LogP contribution in [-0.4, -0.2) is 35.6 Å². The number of carbonyl (C=O) groups excluding carboxylic acids is 2. The number of carboxylic acid groups (broad SMARTS) is 1. The number of carboxylic acids is 1. The molecule has 0 heterocycles. The molecule has 2 N–H and O–H groups in total. The third-order valence-corrected chi connectivity index (χ3v) is 6.89. The van der Waals surface area contributed by atoms with Crippen molar-refractivity contribution < 1.29 is 24.2 Å². The van der Waals surface area contributed by atoms with Crippen LogP contribution in [0.25, 0.3) is 0 Å². The predicted octanol–water partition coefficient (Wildman–Crippen LogP) is 9.89. The van der Waals surface area contributed by atoms with Crippen LogP contribution in [0, 0.1) is 0 Å². The Morgan fingerprint density at radius 2 is 1.11 bits per heavy atom. The van der Waals surface area contributed by atoms with Crippen molar-refractivity contribution in [2.75, 3.05) is 6.54 Å². The molecule has 0 aliphatic heterocycles. The molecule has 0 aromatic heterocycles. The fourth-order valence-corrected chi connectivity index (χ4v) is 4.40. The molecule has 0 aliphatic carbocycles. The van der Waals surface area contributed by atoms with Crippen LogP contribution in [0.5, 0.6) is 0 Å². The van der Waals surface area contributed by atoms with Crippen LogP contribution in [0.4, 0.5) is 0 Å². The van der Waals surface area contributed by atoms with Gasteiger partial charge in [0.15, 0.2) is 0 Å². The average Bonchev–Trinajstić information content (AvgIpc) is 3.00. The molecule has 1 unspecified atom stereocenters. The van der Waals surface area contributed by atoms with Gasteiger partial charge in [-0.05, 0) is 89.9 Å². The molecule has 0 saturated carbocycles. The molecule has 0 aromatic carbocycles. The summed E-state index contributed by atoms with van der Waals surface area (Å²) in [5.74, 6) is -1.38. The fourth-order valence-electron chi connectivity index (χ4n) is 4.40. The van der Waals surface area contributed by atoms with Gasteiger partial charge in [-0.15, -0.1) is 0 Å². The molecule has 6 heteroatoms.